The molecule has 7 heteroatoms. The number of nitrogens with zero attached hydrogens (tertiary/aromatic N) is 2. The molecule has 0 saturated carbocycles. The summed E-state index contributed by atoms with van der Waals surface area (Å²) >= 11 is 5.82. The molecule has 0 aliphatic carbocycles. The van der Waals surface area contributed by atoms with Gasteiger partial charge < -0.3 is 10.1 Å². The first-order chi connectivity index (χ1) is 12.5. The molecule has 0 spiro atoms. The number of aromatic nitrogens is 2. The second-order valence-electron chi connectivity index (χ2n) is 5.56. The third-order valence-electron chi connectivity index (χ3n) is 3.60. The topological polar surface area (TPSA) is 73.2 Å². The number of Topliss-reactive ketones (excluding diaryl/α,β-unsaturated/α-hetero) is 1. The molecule has 1 N–H and O–H groups in total. The molecule has 0 aliphatic rings. The molecule has 1 aromatic heterocycles. The Labute approximate surface area is 155 Å². The van der Waals surface area contributed by atoms with Crippen molar-refractivity contribution in [1.82, 2.24) is 9.78 Å². The zero-order chi connectivity index (χ0) is 18.5. The van der Waals surface area contributed by atoms with Crippen molar-refractivity contribution < 1.29 is 14.3 Å². The second kappa shape index (κ2) is 7.84. The van der Waals surface area contributed by atoms with E-state index in [2.05, 4.69) is 10.4 Å². The minimum Gasteiger partial charge on any atom is -0.471 e. The van der Waals surface area contributed by atoms with Crippen LogP contribution in [0, 0.1) is 0 Å². The highest BCUT2D eigenvalue weighted by Gasteiger charge is 2.10. The first-order valence-electron chi connectivity index (χ1n) is 7.85. The van der Waals surface area contributed by atoms with Gasteiger partial charge in [0.25, 0.3) is 5.91 Å². The molecule has 3 rings (SSSR count). The monoisotopic (exact) mass is 369 g/mol. The summed E-state index contributed by atoms with van der Waals surface area (Å²) < 4.78 is 7.09. The molecule has 0 aliphatic heterocycles. The lowest BCUT2D eigenvalue weighted by Crippen LogP contribution is -2.14. The lowest BCUT2D eigenvalue weighted by atomic mass is 10.1. The van der Waals surface area contributed by atoms with Crippen molar-refractivity contribution in [3.05, 3.63) is 77.1 Å². The highest BCUT2D eigenvalue weighted by atomic mass is 35.5. The van der Waals surface area contributed by atoms with Gasteiger partial charge in [0.15, 0.2) is 18.2 Å². The van der Waals surface area contributed by atoms with Gasteiger partial charge >= 0.3 is 0 Å². The number of halogens is 1. The van der Waals surface area contributed by atoms with Crippen LogP contribution in [-0.4, -0.2) is 21.5 Å². The van der Waals surface area contributed by atoms with Gasteiger partial charge in [-0.2, -0.15) is 5.10 Å². The molecule has 0 bridgehead atoms. The number of carbonyl (C=O) groups is 2. The van der Waals surface area contributed by atoms with E-state index in [1.807, 2.05) is 0 Å². The van der Waals surface area contributed by atoms with E-state index in [4.69, 9.17) is 16.3 Å². The van der Waals surface area contributed by atoms with Crippen LogP contribution in [0.25, 0.3) is 0 Å². The van der Waals surface area contributed by atoms with Gasteiger partial charge in [0, 0.05) is 22.5 Å². The molecule has 6 nitrogen and oxygen atoms in total. The fourth-order valence-electron chi connectivity index (χ4n) is 2.21. The van der Waals surface area contributed by atoms with Crippen molar-refractivity contribution in [2.24, 2.45) is 0 Å². The normalized spacial score (nSPS) is 10.4. The van der Waals surface area contributed by atoms with E-state index in [0.717, 1.165) is 0 Å². The van der Waals surface area contributed by atoms with Gasteiger partial charge in [-0.25, -0.2) is 4.68 Å². The van der Waals surface area contributed by atoms with E-state index in [9.17, 15) is 9.59 Å². The van der Waals surface area contributed by atoms with Crippen LogP contribution in [0.1, 0.15) is 27.8 Å². The molecule has 0 fully saturated rings. The van der Waals surface area contributed by atoms with Gasteiger partial charge in [0.05, 0.1) is 0 Å². The molecular formula is C19H16ClN3O3. The summed E-state index contributed by atoms with van der Waals surface area (Å²) in [5, 5.41) is 7.55. The Morgan fingerprint density at radius 1 is 1.08 bits per heavy atom. The van der Waals surface area contributed by atoms with Crippen LogP contribution >= 0.6 is 11.6 Å². The molecule has 1 amide bonds. The van der Waals surface area contributed by atoms with Gasteiger partial charge in [-0.15, -0.1) is 0 Å². The Balaban J connectivity index is 1.58. The van der Waals surface area contributed by atoms with Crippen molar-refractivity contribution in [1.29, 1.82) is 0 Å². The van der Waals surface area contributed by atoms with Gasteiger partial charge in [-0.3, -0.25) is 9.59 Å². The van der Waals surface area contributed by atoms with Crippen molar-refractivity contribution >= 4 is 29.0 Å². The summed E-state index contributed by atoms with van der Waals surface area (Å²) in [5.41, 5.74) is 1.44. The first kappa shape index (κ1) is 17.7. The van der Waals surface area contributed by atoms with Gasteiger partial charge in [-0.1, -0.05) is 11.6 Å². The van der Waals surface area contributed by atoms with E-state index in [1.54, 1.807) is 60.8 Å². The Bertz CT molecular complexity index is 918. The molecule has 132 valence electrons. The maximum Gasteiger partial charge on any atom is 0.276 e. The molecule has 0 saturated heterocycles. The average molecular weight is 370 g/mol. The summed E-state index contributed by atoms with van der Waals surface area (Å²) in [6, 6.07) is 15.3. The molecule has 1 heterocycles. The molecule has 0 atom stereocenters. The van der Waals surface area contributed by atoms with Crippen LogP contribution in [0.4, 0.5) is 5.69 Å². The smallest absolute Gasteiger partial charge is 0.276 e. The third kappa shape index (κ3) is 4.49. The number of carbonyl (C=O) groups excluding carboxylic acids is 2. The van der Waals surface area contributed by atoms with Crippen LogP contribution < -0.4 is 10.1 Å². The van der Waals surface area contributed by atoms with Crippen molar-refractivity contribution in [3.63, 3.8) is 0 Å². The van der Waals surface area contributed by atoms with Crippen LogP contribution in [0.15, 0.2) is 60.8 Å². The summed E-state index contributed by atoms with van der Waals surface area (Å²) in [4.78, 5) is 23.5. The first-order valence-corrected chi connectivity index (χ1v) is 8.23. The number of benzene rings is 2. The van der Waals surface area contributed by atoms with Gasteiger partial charge in [0.2, 0.25) is 0 Å². The molecule has 2 aromatic carbocycles. The number of anilines is 1. The quantitative estimate of drug-likeness (QED) is 0.666. The van der Waals surface area contributed by atoms with Crippen molar-refractivity contribution in [3.8, 4) is 5.75 Å². The van der Waals surface area contributed by atoms with Crippen molar-refractivity contribution in [2.75, 3.05) is 5.32 Å². The van der Waals surface area contributed by atoms with Crippen LogP contribution in [-0.2, 0) is 6.73 Å². The molecular weight excluding hydrogens is 354 g/mol. The summed E-state index contributed by atoms with van der Waals surface area (Å²) in [6.07, 6.45) is 1.66. The van der Waals surface area contributed by atoms with E-state index in [1.165, 1.54) is 11.6 Å². The Morgan fingerprint density at radius 3 is 2.42 bits per heavy atom. The van der Waals surface area contributed by atoms with Crippen molar-refractivity contribution in [2.45, 2.75) is 13.7 Å². The number of nitrogens with one attached hydrogen (secondary N) is 1. The zero-order valence-electron chi connectivity index (χ0n) is 14.0. The van der Waals surface area contributed by atoms with Crippen LogP contribution in [0.3, 0.4) is 0 Å². The predicted molar refractivity (Wildman–Crippen MR) is 98.7 cm³/mol. The Hall–Kier alpha value is -3.12. The Morgan fingerprint density at radius 2 is 1.77 bits per heavy atom. The third-order valence-corrected chi connectivity index (χ3v) is 3.85. The van der Waals surface area contributed by atoms with Crippen LogP contribution in [0.5, 0.6) is 5.75 Å². The second-order valence-corrected chi connectivity index (χ2v) is 5.99. The summed E-state index contributed by atoms with van der Waals surface area (Å²) in [6.45, 7) is 1.66. The van der Waals surface area contributed by atoms with E-state index in [-0.39, 0.29) is 24.1 Å². The summed E-state index contributed by atoms with van der Waals surface area (Å²) in [7, 11) is 0. The summed E-state index contributed by atoms with van der Waals surface area (Å²) in [5.74, 6) is 0.287. The van der Waals surface area contributed by atoms with Gasteiger partial charge in [0.1, 0.15) is 5.75 Å². The number of amides is 1. The standard InChI is InChI=1S/C19H16ClN3O3/c1-13(24)14-2-6-16(7-3-14)21-19(25)18-10-11-23(22-18)12-26-17-8-4-15(20)5-9-17/h2-11H,12H2,1H3,(H,21,25). The fourth-order valence-corrected chi connectivity index (χ4v) is 2.34. The largest absolute Gasteiger partial charge is 0.471 e. The minimum absolute atomic E-state index is 0.0256. The number of ether oxygens (including phenoxy) is 1. The molecule has 3 aromatic rings. The average Bonchev–Trinajstić information content (AvgIpc) is 3.11. The number of hydrogen-bond acceptors (Lipinski definition) is 4. The fraction of sp³-hybridized carbons (Fsp3) is 0.105. The maximum atomic E-state index is 12.2. The predicted octanol–water partition coefficient (Wildman–Crippen LogP) is 4.03. The SMILES string of the molecule is CC(=O)c1ccc(NC(=O)c2ccn(COc3ccc(Cl)cc3)n2)cc1. The Kier molecular flexibility index (Phi) is 5.34. The van der Waals surface area contributed by atoms with E-state index >= 15 is 0 Å². The molecule has 26 heavy (non-hydrogen) atoms. The maximum absolute atomic E-state index is 12.2. The highest BCUT2D eigenvalue weighted by Crippen LogP contribution is 2.16. The molecule has 0 radical (unpaired) electrons. The lowest BCUT2D eigenvalue weighted by Gasteiger charge is -2.06. The zero-order valence-corrected chi connectivity index (χ0v) is 14.7. The number of ketones is 1. The minimum atomic E-state index is -0.342. The lowest BCUT2D eigenvalue weighted by molar-refractivity contribution is 0.101. The van der Waals surface area contributed by atoms with Gasteiger partial charge in [-0.05, 0) is 61.5 Å². The van der Waals surface area contributed by atoms with Crippen LogP contribution in [0.2, 0.25) is 5.02 Å². The number of hydrogen-bond donors (Lipinski definition) is 1. The van der Waals surface area contributed by atoms with E-state index in [0.29, 0.717) is 22.0 Å². The number of rotatable bonds is 6. The highest BCUT2D eigenvalue weighted by molar-refractivity contribution is 6.30. The molecule has 0 unspecified atom stereocenters. The van der Waals surface area contributed by atoms with E-state index < -0.39 is 0 Å².